The fourth-order valence-corrected chi connectivity index (χ4v) is 1.04. The summed E-state index contributed by atoms with van der Waals surface area (Å²) < 4.78 is 0. The van der Waals surface area contributed by atoms with Crippen molar-refractivity contribution in [1.29, 1.82) is 0 Å². The van der Waals surface area contributed by atoms with Crippen molar-refractivity contribution in [2.24, 2.45) is 0 Å². The van der Waals surface area contributed by atoms with E-state index >= 15 is 0 Å². The van der Waals surface area contributed by atoms with Gasteiger partial charge in [-0.25, -0.2) is 4.98 Å². The van der Waals surface area contributed by atoms with Crippen LogP contribution in [-0.4, -0.2) is 28.4 Å². The predicted octanol–water partition coefficient (Wildman–Crippen LogP) is 1.93. The first-order valence-corrected chi connectivity index (χ1v) is 4.67. The van der Waals surface area contributed by atoms with E-state index in [9.17, 15) is 0 Å². The van der Waals surface area contributed by atoms with Crippen LogP contribution in [0.2, 0.25) is 0 Å². The van der Waals surface area contributed by atoms with Crippen LogP contribution in [0, 0.1) is 0 Å². The van der Waals surface area contributed by atoms with Gasteiger partial charge in [0.2, 0.25) is 0 Å². The molecule has 72 valence electrons. The largest absolute Gasteiger partial charge is 0.352 e. The van der Waals surface area contributed by atoms with Crippen LogP contribution in [0.4, 0.5) is 5.82 Å². The first-order chi connectivity index (χ1) is 6.08. The second kappa shape index (κ2) is 3.92. The summed E-state index contributed by atoms with van der Waals surface area (Å²) >= 11 is 5.85. The van der Waals surface area contributed by atoms with Gasteiger partial charge in [-0.3, -0.25) is 4.98 Å². The maximum absolute atomic E-state index is 5.85. The van der Waals surface area contributed by atoms with Crippen molar-refractivity contribution in [3.05, 3.63) is 18.6 Å². The Balaban J connectivity index is 2.85. The molecule has 0 fully saturated rings. The van der Waals surface area contributed by atoms with Gasteiger partial charge in [0.15, 0.2) is 0 Å². The Morgan fingerprint density at radius 2 is 2.15 bits per heavy atom. The molecule has 0 N–H and O–H groups in total. The average Bonchev–Trinajstić information content (AvgIpc) is 2.18. The molecule has 3 nitrogen and oxygen atoms in total. The van der Waals surface area contributed by atoms with Crippen LogP contribution in [0.15, 0.2) is 18.6 Å². The Morgan fingerprint density at radius 3 is 2.62 bits per heavy atom. The van der Waals surface area contributed by atoms with Gasteiger partial charge in [-0.05, 0) is 13.8 Å². The molecule has 4 heteroatoms. The molecule has 1 heterocycles. The normalized spacial score (nSPS) is 11.4. The zero-order chi connectivity index (χ0) is 9.90. The van der Waals surface area contributed by atoms with Gasteiger partial charge in [0, 0.05) is 30.9 Å². The summed E-state index contributed by atoms with van der Waals surface area (Å²) in [4.78, 5) is 10.2. The van der Waals surface area contributed by atoms with Gasteiger partial charge in [-0.2, -0.15) is 0 Å². The summed E-state index contributed by atoms with van der Waals surface area (Å²) in [5, 5.41) is 0. The fourth-order valence-electron chi connectivity index (χ4n) is 0.864. The predicted molar refractivity (Wildman–Crippen MR) is 55.2 cm³/mol. The number of alkyl halides is 1. The van der Waals surface area contributed by atoms with Crippen LogP contribution < -0.4 is 4.90 Å². The molecule has 1 aromatic rings. The van der Waals surface area contributed by atoms with Crippen molar-refractivity contribution in [3.63, 3.8) is 0 Å². The zero-order valence-corrected chi connectivity index (χ0v) is 8.91. The van der Waals surface area contributed by atoms with Crippen LogP contribution in [0.25, 0.3) is 0 Å². The molecule has 0 spiro atoms. The van der Waals surface area contributed by atoms with Gasteiger partial charge in [-0.15, -0.1) is 11.6 Å². The van der Waals surface area contributed by atoms with Crippen LogP contribution in [-0.2, 0) is 0 Å². The van der Waals surface area contributed by atoms with Crippen molar-refractivity contribution in [3.8, 4) is 0 Å². The van der Waals surface area contributed by atoms with Gasteiger partial charge in [0.25, 0.3) is 0 Å². The van der Waals surface area contributed by atoms with Crippen molar-refractivity contribution >= 4 is 17.4 Å². The third-order valence-corrected chi connectivity index (χ3v) is 2.78. The lowest BCUT2D eigenvalue weighted by atomic mass is 10.1. The quantitative estimate of drug-likeness (QED) is 0.697. The topological polar surface area (TPSA) is 29.0 Å². The van der Waals surface area contributed by atoms with Gasteiger partial charge in [0.05, 0.1) is 6.20 Å². The molecular formula is C9H14ClN3. The molecule has 0 aromatic carbocycles. The number of halogens is 1. The maximum atomic E-state index is 5.85. The Labute approximate surface area is 83.8 Å². The minimum absolute atomic E-state index is 0.0996. The second-order valence-electron chi connectivity index (χ2n) is 3.57. The molecule has 1 rings (SSSR count). The Morgan fingerprint density at radius 1 is 1.46 bits per heavy atom. The Kier molecular flexibility index (Phi) is 3.09. The van der Waals surface area contributed by atoms with Gasteiger partial charge < -0.3 is 4.90 Å². The van der Waals surface area contributed by atoms with E-state index in [1.807, 2.05) is 11.9 Å². The summed E-state index contributed by atoms with van der Waals surface area (Å²) in [5.74, 6) is 1.40. The molecular weight excluding hydrogens is 186 g/mol. The molecule has 0 aliphatic heterocycles. The highest BCUT2D eigenvalue weighted by molar-refractivity contribution is 6.18. The number of anilines is 1. The molecule has 0 unspecified atom stereocenters. The first kappa shape index (κ1) is 10.3. The van der Waals surface area contributed by atoms with Gasteiger partial charge in [-0.1, -0.05) is 0 Å². The van der Waals surface area contributed by atoms with Crippen molar-refractivity contribution < 1.29 is 0 Å². The monoisotopic (exact) mass is 199 g/mol. The molecule has 1 aromatic heterocycles. The third kappa shape index (κ3) is 2.31. The summed E-state index contributed by atoms with van der Waals surface area (Å²) in [5.41, 5.74) is -0.0996. The van der Waals surface area contributed by atoms with Crippen LogP contribution in [0.1, 0.15) is 13.8 Å². The smallest absolute Gasteiger partial charge is 0.147 e. The van der Waals surface area contributed by atoms with Crippen LogP contribution >= 0.6 is 11.6 Å². The molecule has 0 saturated carbocycles. The Bertz CT molecular complexity index is 261. The van der Waals surface area contributed by atoms with E-state index in [4.69, 9.17) is 11.6 Å². The number of rotatable bonds is 3. The summed E-state index contributed by atoms with van der Waals surface area (Å²) in [7, 11) is 1.96. The highest BCUT2D eigenvalue weighted by atomic mass is 35.5. The molecule has 0 radical (unpaired) electrons. The lowest BCUT2D eigenvalue weighted by Crippen LogP contribution is -2.43. The highest BCUT2D eigenvalue weighted by Gasteiger charge is 2.23. The van der Waals surface area contributed by atoms with E-state index in [2.05, 4.69) is 23.8 Å². The number of nitrogens with zero attached hydrogens (tertiary/aromatic N) is 3. The minimum Gasteiger partial charge on any atom is -0.352 e. The summed E-state index contributed by atoms with van der Waals surface area (Å²) in [6, 6.07) is 0. The Hall–Kier alpha value is -0.830. The lowest BCUT2D eigenvalue weighted by Gasteiger charge is -2.34. The number of aromatic nitrogens is 2. The second-order valence-corrected chi connectivity index (χ2v) is 3.84. The average molecular weight is 200 g/mol. The van der Waals surface area contributed by atoms with Crippen LogP contribution in [0.5, 0.6) is 0 Å². The molecule has 0 amide bonds. The summed E-state index contributed by atoms with van der Waals surface area (Å²) in [6.45, 7) is 4.13. The van der Waals surface area contributed by atoms with Gasteiger partial charge >= 0.3 is 0 Å². The van der Waals surface area contributed by atoms with Crippen molar-refractivity contribution in [2.75, 3.05) is 17.8 Å². The minimum atomic E-state index is -0.0996. The lowest BCUT2D eigenvalue weighted by molar-refractivity contribution is 0.539. The van der Waals surface area contributed by atoms with Crippen molar-refractivity contribution in [1.82, 2.24) is 9.97 Å². The molecule has 0 aliphatic rings. The van der Waals surface area contributed by atoms with Crippen molar-refractivity contribution in [2.45, 2.75) is 19.4 Å². The molecule has 0 atom stereocenters. The molecule has 0 saturated heterocycles. The molecule has 13 heavy (non-hydrogen) atoms. The van der Waals surface area contributed by atoms with Crippen LogP contribution in [0.3, 0.4) is 0 Å². The van der Waals surface area contributed by atoms with E-state index < -0.39 is 0 Å². The zero-order valence-electron chi connectivity index (χ0n) is 8.16. The number of hydrogen-bond acceptors (Lipinski definition) is 3. The van der Waals surface area contributed by atoms with E-state index in [0.29, 0.717) is 5.88 Å². The fraction of sp³-hybridized carbons (Fsp3) is 0.556. The van der Waals surface area contributed by atoms with Gasteiger partial charge in [0.1, 0.15) is 5.82 Å². The standard InChI is InChI=1S/C9H14ClN3/c1-9(2,7-10)13(3)8-6-11-4-5-12-8/h4-6H,7H2,1-3H3. The summed E-state index contributed by atoms with van der Waals surface area (Å²) in [6.07, 6.45) is 5.06. The number of hydrogen-bond donors (Lipinski definition) is 0. The molecule has 0 aliphatic carbocycles. The highest BCUT2D eigenvalue weighted by Crippen LogP contribution is 2.19. The third-order valence-electron chi connectivity index (χ3n) is 2.13. The first-order valence-electron chi connectivity index (χ1n) is 4.14. The molecule has 0 bridgehead atoms. The van der Waals surface area contributed by atoms with E-state index in [0.717, 1.165) is 5.82 Å². The van der Waals surface area contributed by atoms with E-state index in [-0.39, 0.29) is 5.54 Å². The van der Waals surface area contributed by atoms with E-state index in [1.54, 1.807) is 18.6 Å². The maximum Gasteiger partial charge on any atom is 0.147 e. The van der Waals surface area contributed by atoms with E-state index in [1.165, 1.54) is 0 Å². The SMILES string of the molecule is CN(c1cnccn1)C(C)(C)CCl.